The quantitative estimate of drug-likeness (QED) is 0.787. The molecule has 0 saturated heterocycles. The predicted octanol–water partition coefficient (Wildman–Crippen LogP) is 2.27. The number of allylic oxidation sites excluding steroid dienone is 1. The Kier molecular flexibility index (Phi) is 5.97. The van der Waals surface area contributed by atoms with E-state index in [1.807, 2.05) is 26.0 Å². The van der Waals surface area contributed by atoms with Crippen molar-refractivity contribution in [2.45, 2.75) is 26.8 Å². The van der Waals surface area contributed by atoms with Gasteiger partial charge in [-0.2, -0.15) is 5.10 Å². The van der Waals surface area contributed by atoms with Crippen LogP contribution >= 0.6 is 0 Å². The van der Waals surface area contributed by atoms with Gasteiger partial charge in [-0.3, -0.25) is 9.40 Å². The molecule has 0 aliphatic carbocycles. The summed E-state index contributed by atoms with van der Waals surface area (Å²) in [5, 5.41) is 4.40. The van der Waals surface area contributed by atoms with Crippen molar-refractivity contribution >= 4 is 15.7 Å². The van der Waals surface area contributed by atoms with E-state index < -0.39 is 10.0 Å². The summed E-state index contributed by atoms with van der Waals surface area (Å²) in [4.78, 5) is 0. The zero-order chi connectivity index (χ0) is 18.6. The number of nitrogens with two attached hydrogens (primary N) is 1. The first-order chi connectivity index (χ1) is 11.7. The van der Waals surface area contributed by atoms with Gasteiger partial charge in [-0.1, -0.05) is 12.1 Å². The van der Waals surface area contributed by atoms with Crippen LogP contribution in [0.1, 0.15) is 22.5 Å². The molecule has 0 spiro atoms. The standard InChI is InChI=1S/C17H23FN4O2S/c1-12-17(13(2)22(20-12)11-15(18)8-9-19)10-14-4-6-16(7-5-14)21-25(3,23)24/h4-8,21H,9-11,19H2,1-3H3. The number of aryl methyl sites for hydroxylation is 1. The highest BCUT2D eigenvalue weighted by Crippen LogP contribution is 2.20. The van der Waals surface area contributed by atoms with E-state index in [-0.39, 0.29) is 18.9 Å². The molecule has 0 aliphatic heterocycles. The number of halogens is 1. The molecular weight excluding hydrogens is 343 g/mol. The molecular formula is C17H23FN4O2S. The molecule has 8 heteroatoms. The number of rotatable bonds is 7. The van der Waals surface area contributed by atoms with Crippen LogP contribution in [0.4, 0.5) is 10.1 Å². The number of anilines is 1. The Hall–Kier alpha value is -2.19. The number of nitrogens with zero attached hydrogens (tertiary/aromatic N) is 2. The minimum absolute atomic E-state index is 0.0705. The molecule has 0 atom stereocenters. The van der Waals surface area contributed by atoms with Gasteiger partial charge in [0.25, 0.3) is 0 Å². The van der Waals surface area contributed by atoms with E-state index in [9.17, 15) is 12.8 Å². The first-order valence-electron chi connectivity index (χ1n) is 7.84. The van der Waals surface area contributed by atoms with Crippen LogP contribution in [0.5, 0.6) is 0 Å². The Morgan fingerprint density at radius 1 is 1.32 bits per heavy atom. The molecule has 0 unspecified atom stereocenters. The lowest BCUT2D eigenvalue weighted by Crippen LogP contribution is -2.09. The second kappa shape index (κ2) is 7.79. The Morgan fingerprint density at radius 3 is 2.52 bits per heavy atom. The zero-order valence-corrected chi connectivity index (χ0v) is 15.4. The topological polar surface area (TPSA) is 90.0 Å². The highest BCUT2D eigenvalue weighted by molar-refractivity contribution is 7.92. The summed E-state index contributed by atoms with van der Waals surface area (Å²) >= 11 is 0. The Morgan fingerprint density at radius 2 is 1.96 bits per heavy atom. The maximum Gasteiger partial charge on any atom is 0.229 e. The fourth-order valence-electron chi connectivity index (χ4n) is 2.59. The summed E-state index contributed by atoms with van der Waals surface area (Å²) in [6.45, 7) is 4.03. The highest BCUT2D eigenvalue weighted by atomic mass is 32.2. The van der Waals surface area contributed by atoms with E-state index in [2.05, 4.69) is 9.82 Å². The molecule has 136 valence electrons. The summed E-state index contributed by atoms with van der Waals surface area (Å²) in [5.74, 6) is -0.309. The van der Waals surface area contributed by atoms with Crippen LogP contribution in [-0.4, -0.2) is 31.0 Å². The molecule has 0 bridgehead atoms. The van der Waals surface area contributed by atoms with Crippen LogP contribution in [0.25, 0.3) is 0 Å². The van der Waals surface area contributed by atoms with Gasteiger partial charge in [0.15, 0.2) is 0 Å². The van der Waals surface area contributed by atoms with Gasteiger partial charge in [-0.15, -0.1) is 0 Å². The van der Waals surface area contributed by atoms with E-state index in [1.165, 1.54) is 6.08 Å². The number of nitrogens with one attached hydrogen (secondary N) is 1. The van der Waals surface area contributed by atoms with Crippen LogP contribution in [0.3, 0.4) is 0 Å². The molecule has 25 heavy (non-hydrogen) atoms. The van der Waals surface area contributed by atoms with Crippen molar-refractivity contribution in [3.8, 4) is 0 Å². The first-order valence-corrected chi connectivity index (χ1v) is 9.73. The van der Waals surface area contributed by atoms with Gasteiger partial charge in [0.1, 0.15) is 5.83 Å². The SMILES string of the molecule is Cc1nn(CC(F)=CCN)c(C)c1Cc1ccc(NS(C)(=O)=O)cc1. The summed E-state index contributed by atoms with van der Waals surface area (Å²) in [5.41, 5.74) is 9.63. The fraction of sp³-hybridized carbons (Fsp3) is 0.353. The third kappa shape index (κ3) is 5.40. The van der Waals surface area contributed by atoms with Gasteiger partial charge in [0.2, 0.25) is 10.0 Å². The number of aromatic nitrogens is 2. The lowest BCUT2D eigenvalue weighted by Gasteiger charge is -2.07. The maximum atomic E-state index is 13.7. The second-order valence-corrected chi connectivity index (χ2v) is 7.69. The average Bonchev–Trinajstić information content (AvgIpc) is 2.75. The third-order valence-electron chi connectivity index (χ3n) is 3.81. The van der Waals surface area contributed by atoms with Crippen LogP contribution in [0.15, 0.2) is 36.2 Å². The molecule has 0 aliphatic rings. The van der Waals surface area contributed by atoms with Crippen LogP contribution < -0.4 is 10.5 Å². The van der Waals surface area contributed by atoms with Crippen molar-refractivity contribution in [2.24, 2.45) is 5.73 Å². The molecule has 0 radical (unpaired) electrons. The predicted molar refractivity (Wildman–Crippen MR) is 97.7 cm³/mol. The fourth-order valence-corrected chi connectivity index (χ4v) is 3.15. The van der Waals surface area contributed by atoms with Crippen molar-refractivity contribution in [1.29, 1.82) is 0 Å². The maximum absolute atomic E-state index is 13.7. The first kappa shape index (κ1) is 19.1. The van der Waals surface area contributed by atoms with Crippen molar-refractivity contribution in [3.63, 3.8) is 0 Å². The lowest BCUT2D eigenvalue weighted by atomic mass is 10.0. The molecule has 1 heterocycles. The molecule has 0 saturated carbocycles. The molecule has 2 rings (SSSR count). The van der Waals surface area contributed by atoms with Crippen molar-refractivity contribution in [1.82, 2.24) is 9.78 Å². The van der Waals surface area contributed by atoms with Gasteiger partial charge in [0, 0.05) is 29.9 Å². The second-order valence-electron chi connectivity index (χ2n) is 5.94. The van der Waals surface area contributed by atoms with Gasteiger partial charge in [-0.05, 0) is 37.6 Å². The van der Waals surface area contributed by atoms with E-state index >= 15 is 0 Å². The summed E-state index contributed by atoms with van der Waals surface area (Å²) in [7, 11) is -3.29. The zero-order valence-electron chi connectivity index (χ0n) is 14.6. The van der Waals surface area contributed by atoms with E-state index in [1.54, 1.807) is 16.8 Å². The molecule has 3 N–H and O–H groups in total. The molecule has 6 nitrogen and oxygen atoms in total. The van der Waals surface area contributed by atoms with E-state index in [0.717, 1.165) is 28.8 Å². The average molecular weight is 366 g/mol. The van der Waals surface area contributed by atoms with Crippen LogP contribution in [0.2, 0.25) is 0 Å². The van der Waals surface area contributed by atoms with Gasteiger partial charge in [0.05, 0.1) is 18.5 Å². The molecule has 1 aromatic carbocycles. The normalized spacial score (nSPS) is 12.4. The summed E-state index contributed by atoms with van der Waals surface area (Å²) in [6, 6.07) is 7.15. The lowest BCUT2D eigenvalue weighted by molar-refractivity contribution is 0.517. The monoisotopic (exact) mass is 366 g/mol. The van der Waals surface area contributed by atoms with Gasteiger partial charge >= 0.3 is 0 Å². The van der Waals surface area contributed by atoms with E-state index in [0.29, 0.717) is 12.1 Å². The number of benzene rings is 1. The minimum atomic E-state index is -3.29. The van der Waals surface area contributed by atoms with Gasteiger partial charge in [-0.25, -0.2) is 12.8 Å². The Balaban J connectivity index is 2.17. The summed E-state index contributed by atoms with van der Waals surface area (Å²) in [6.07, 6.45) is 3.09. The van der Waals surface area contributed by atoms with Crippen molar-refractivity contribution in [2.75, 3.05) is 17.5 Å². The van der Waals surface area contributed by atoms with E-state index in [4.69, 9.17) is 5.73 Å². The Labute approximate surface area is 147 Å². The molecule has 0 amide bonds. The summed E-state index contributed by atoms with van der Waals surface area (Å²) < 4.78 is 40.2. The number of hydrogen-bond donors (Lipinski definition) is 2. The molecule has 2 aromatic rings. The van der Waals surface area contributed by atoms with Crippen LogP contribution in [-0.2, 0) is 23.0 Å². The molecule has 0 fully saturated rings. The van der Waals surface area contributed by atoms with Crippen LogP contribution in [0, 0.1) is 13.8 Å². The van der Waals surface area contributed by atoms with Gasteiger partial charge < -0.3 is 5.73 Å². The highest BCUT2D eigenvalue weighted by Gasteiger charge is 2.13. The number of sulfonamides is 1. The number of hydrogen-bond acceptors (Lipinski definition) is 4. The Bertz CT molecular complexity index is 871. The van der Waals surface area contributed by atoms with Crippen molar-refractivity contribution in [3.05, 3.63) is 58.7 Å². The third-order valence-corrected chi connectivity index (χ3v) is 4.42. The van der Waals surface area contributed by atoms with Crippen molar-refractivity contribution < 1.29 is 12.8 Å². The largest absolute Gasteiger partial charge is 0.327 e. The smallest absolute Gasteiger partial charge is 0.229 e. The molecule has 1 aromatic heterocycles. The minimum Gasteiger partial charge on any atom is -0.327 e.